The number of hydrogen-bond donors (Lipinski definition) is 1. The molecule has 0 spiro atoms. The molecule has 0 fully saturated rings. The number of benzene rings is 2. The van der Waals surface area contributed by atoms with Crippen molar-refractivity contribution in [3.63, 3.8) is 0 Å². The Balaban J connectivity index is 1.88. The molecule has 0 atom stereocenters. The minimum atomic E-state index is 0.715. The molecule has 0 bridgehead atoms. The van der Waals surface area contributed by atoms with E-state index in [1.54, 1.807) is 13.3 Å². The molecule has 0 unspecified atom stereocenters. The molecule has 24 heavy (non-hydrogen) atoms. The van der Waals surface area contributed by atoms with Crippen LogP contribution in [0.4, 0.5) is 0 Å². The maximum atomic E-state index is 5.68. The lowest BCUT2D eigenvalue weighted by atomic mass is 10.1. The van der Waals surface area contributed by atoms with Gasteiger partial charge in [-0.3, -0.25) is 4.40 Å². The second kappa shape index (κ2) is 5.94. The monoisotopic (exact) mass is 333 g/mol. The topological polar surface area (TPSA) is 42.3 Å². The largest absolute Gasteiger partial charge is 0.497 e. The normalized spacial score (nSPS) is 10.9. The third kappa shape index (κ3) is 2.49. The van der Waals surface area contributed by atoms with Crippen LogP contribution in [0.2, 0.25) is 0 Å². The molecule has 0 aliphatic heterocycles. The number of H-pyrrole nitrogens is 1. The summed E-state index contributed by atoms with van der Waals surface area (Å²) in [6.45, 7) is 0. The smallest absolute Gasteiger partial charge is 0.212 e. The maximum absolute atomic E-state index is 5.68. The van der Waals surface area contributed by atoms with Crippen molar-refractivity contribution in [3.05, 3.63) is 71.6 Å². The summed E-state index contributed by atoms with van der Waals surface area (Å²) in [4.78, 5) is 7.83. The molecular formula is C19H15N3OS. The number of aromatic amines is 1. The molecule has 0 aliphatic carbocycles. The average molecular weight is 333 g/mol. The summed E-state index contributed by atoms with van der Waals surface area (Å²) in [6.07, 6.45) is 3.79. The molecule has 2 aromatic carbocycles. The van der Waals surface area contributed by atoms with E-state index in [1.165, 1.54) is 0 Å². The van der Waals surface area contributed by atoms with Crippen LogP contribution in [-0.4, -0.2) is 21.5 Å². The van der Waals surface area contributed by atoms with E-state index in [0.29, 0.717) is 4.64 Å². The number of ether oxygens (including phenoxy) is 1. The molecule has 2 aromatic heterocycles. The number of methoxy groups -OCH3 is 1. The first-order valence-electron chi connectivity index (χ1n) is 7.56. The Morgan fingerprint density at radius 1 is 1.04 bits per heavy atom. The maximum Gasteiger partial charge on any atom is 0.212 e. The molecule has 2 heterocycles. The van der Waals surface area contributed by atoms with E-state index in [2.05, 4.69) is 22.1 Å². The highest BCUT2D eigenvalue weighted by Crippen LogP contribution is 2.26. The van der Waals surface area contributed by atoms with Crippen LogP contribution in [0.3, 0.4) is 0 Å². The van der Waals surface area contributed by atoms with Crippen molar-refractivity contribution in [2.75, 3.05) is 7.11 Å². The van der Waals surface area contributed by atoms with Crippen molar-refractivity contribution < 1.29 is 4.74 Å². The van der Waals surface area contributed by atoms with Gasteiger partial charge in [0.2, 0.25) is 5.78 Å². The molecule has 0 saturated carbocycles. The molecule has 0 aliphatic rings. The zero-order chi connectivity index (χ0) is 16.5. The van der Waals surface area contributed by atoms with E-state index in [0.717, 1.165) is 33.9 Å². The van der Waals surface area contributed by atoms with Gasteiger partial charge in [0.05, 0.1) is 12.8 Å². The lowest BCUT2D eigenvalue weighted by Gasteiger charge is -2.05. The number of nitrogens with one attached hydrogen (secondary N) is 1. The van der Waals surface area contributed by atoms with Gasteiger partial charge < -0.3 is 9.72 Å². The average Bonchev–Trinajstić information content (AvgIpc) is 3.08. The van der Waals surface area contributed by atoms with E-state index in [1.807, 2.05) is 53.1 Å². The van der Waals surface area contributed by atoms with E-state index >= 15 is 0 Å². The van der Waals surface area contributed by atoms with Gasteiger partial charge in [0.25, 0.3) is 0 Å². The third-order valence-corrected chi connectivity index (χ3v) is 4.38. The van der Waals surface area contributed by atoms with E-state index in [-0.39, 0.29) is 0 Å². The summed E-state index contributed by atoms with van der Waals surface area (Å²) in [6, 6.07) is 18.0. The summed E-state index contributed by atoms with van der Waals surface area (Å²) >= 11 is 5.68. The summed E-state index contributed by atoms with van der Waals surface area (Å²) in [5, 5.41) is 0. The highest BCUT2D eigenvalue weighted by molar-refractivity contribution is 7.71. The fourth-order valence-corrected chi connectivity index (χ4v) is 3.03. The van der Waals surface area contributed by atoms with Gasteiger partial charge in [-0.1, -0.05) is 54.7 Å². The lowest BCUT2D eigenvalue weighted by molar-refractivity contribution is 0.415. The first-order valence-corrected chi connectivity index (χ1v) is 7.97. The van der Waals surface area contributed by atoms with Crippen LogP contribution < -0.4 is 4.74 Å². The van der Waals surface area contributed by atoms with Crippen molar-refractivity contribution in [2.24, 2.45) is 0 Å². The Labute approximate surface area is 144 Å². The van der Waals surface area contributed by atoms with Crippen LogP contribution in [0.1, 0.15) is 0 Å². The van der Waals surface area contributed by atoms with Crippen molar-refractivity contribution in [1.82, 2.24) is 14.4 Å². The predicted molar refractivity (Wildman–Crippen MR) is 97.8 cm³/mol. The molecule has 118 valence electrons. The first kappa shape index (κ1) is 14.7. The first-order chi connectivity index (χ1) is 11.8. The van der Waals surface area contributed by atoms with E-state index < -0.39 is 0 Å². The molecule has 4 nitrogen and oxygen atoms in total. The summed E-state index contributed by atoms with van der Waals surface area (Å²) in [5.74, 6) is 1.52. The Kier molecular flexibility index (Phi) is 3.63. The highest BCUT2D eigenvalue weighted by atomic mass is 32.1. The van der Waals surface area contributed by atoms with E-state index in [4.69, 9.17) is 17.0 Å². The van der Waals surface area contributed by atoms with Gasteiger partial charge in [-0.05, 0) is 23.3 Å². The van der Waals surface area contributed by atoms with Crippen molar-refractivity contribution in [2.45, 2.75) is 0 Å². The van der Waals surface area contributed by atoms with Crippen LogP contribution in [0.5, 0.6) is 5.75 Å². The molecule has 1 N–H and O–H groups in total. The van der Waals surface area contributed by atoms with Crippen LogP contribution in [0.15, 0.2) is 67.0 Å². The second-order valence-electron chi connectivity index (χ2n) is 5.44. The molecule has 4 rings (SSSR count). The quantitative estimate of drug-likeness (QED) is 0.551. The van der Waals surface area contributed by atoms with Crippen molar-refractivity contribution in [1.29, 1.82) is 0 Å². The molecule has 0 saturated heterocycles. The Morgan fingerprint density at radius 3 is 2.62 bits per heavy atom. The molecular weight excluding hydrogens is 318 g/mol. The van der Waals surface area contributed by atoms with Gasteiger partial charge in [-0.25, -0.2) is 4.98 Å². The number of imidazole rings is 1. The Bertz CT molecular complexity index is 1070. The number of aromatic nitrogens is 3. The van der Waals surface area contributed by atoms with Crippen LogP contribution >= 0.6 is 12.2 Å². The number of nitrogens with zero attached hydrogens (tertiary/aromatic N) is 2. The third-order valence-electron chi connectivity index (χ3n) is 3.96. The van der Waals surface area contributed by atoms with Gasteiger partial charge >= 0.3 is 0 Å². The van der Waals surface area contributed by atoms with Crippen LogP contribution in [0, 0.1) is 4.64 Å². The van der Waals surface area contributed by atoms with Gasteiger partial charge in [0.15, 0.2) is 0 Å². The number of rotatable bonds is 3. The van der Waals surface area contributed by atoms with Gasteiger partial charge in [0, 0.05) is 18.0 Å². The Morgan fingerprint density at radius 2 is 1.83 bits per heavy atom. The zero-order valence-electron chi connectivity index (χ0n) is 13.1. The van der Waals surface area contributed by atoms with Crippen molar-refractivity contribution in [3.8, 4) is 28.1 Å². The number of fused-ring (bicyclic) bond motifs is 1. The summed E-state index contributed by atoms with van der Waals surface area (Å²) < 4.78 is 7.92. The zero-order valence-corrected chi connectivity index (χ0v) is 13.9. The van der Waals surface area contributed by atoms with Gasteiger partial charge in [-0.15, -0.1) is 0 Å². The molecule has 4 aromatic rings. The van der Waals surface area contributed by atoms with Gasteiger partial charge in [0.1, 0.15) is 10.4 Å². The summed E-state index contributed by atoms with van der Waals surface area (Å²) in [5.41, 5.74) is 3.97. The second-order valence-corrected chi connectivity index (χ2v) is 5.82. The summed E-state index contributed by atoms with van der Waals surface area (Å²) in [7, 11) is 1.65. The minimum Gasteiger partial charge on any atom is -0.497 e. The van der Waals surface area contributed by atoms with E-state index in [9.17, 15) is 0 Å². The van der Waals surface area contributed by atoms with Crippen molar-refractivity contribution >= 4 is 18.0 Å². The minimum absolute atomic E-state index is 0.715. The highest BCUT2D eigenvalue weighted by Gasteiger charge is 2.09. The lowest BCUT2D eigenvalue weighted by Crippen LogP contribution is -1.93. The van der Waals surface area contributed by atoms with Crippen LogP contribution in [-0.2, 0) is 0 Å². The predicted octanol–water partition coefficient (Wildman–Crippen LogP) is 4.73. The SMILES string of the molecule is COc1cccc(-c2cnc3[nH]c(-c4ccccc4)cn3c2=S)c1. The fraction of sp³-hybridized carbons (Fsp3) is 0.0526. The fourth-order valence-electron chi connectivity index (χ4n) is 2.72. The van der Waals surface area contributed by atoms with Crippen LogP contribution in [0.25, 0.3) is 28.2 Å². The molecule has 5 heteroatoms. The Hall–Kier alpha value is -2.92. The molecule has 0 amide bonds. The number of hydrogen-bond acceptors (Lipinski definition) is 3. The van der Waals surface area contributed by atoms with Gasteiger partial charge in [-0.2, -0.15) is 0 Å². The molecule has 0 radical (unpaired) electrons. The standard InChI is InChI=1S/C19H15N3OS/c1-23-15-9-5-8-14(10-15)16-11-20-19-21-17(12-22(19)18(16)24)13-6-3-2-4-7-13/h2-12H,1H3,(H,20,21).